The molecule has 130 valence electrons. The van der Waals surface area contributed by atoms with Crippen molar-refractivity contribution in [1.29, 1.82) is 0 Å². The highest BCUT2D eigenvalue weighted by Gasteiger charge is 2.38. The van der Waals surface area contributed by atoms with Crippen LogP contribution in [0.3, 0.4) is 0 Å². The van der Waals surface area contributed by atoms with Crippen LogP contribution in [-0.4, -0.2) is 18.0 Å². The summed E-state index contributed by atoms with van der Waals surface area (Å²) in [6.07, 6.45) is -2.27. The lowest BCUT2D eigenvalue weighted by Gasteiger charge is -2.08. The van der Waals surface area contributed by atoms with E-state index in [2.05, 4.69) is 5.32 Å². The third-order valence-electron chi connectivity index (χ3n) is 2.96. The van der Waals surface area contributed by atoms with Crippen LogP contribution in [0.4, 0.5) is 28.9 Å². The van der Waals surface area contributed by atoms with Crippen LogP contribution in [0.25, 0.3) is 6.08 Å². The first-order valence-corrected chi connectivity index (χ1v) is 6.97. The van der Waals surface area contributed by atoms with Crippen LogP contribution >= 0.6 is 0 Å². The van der Waals surface area contributed by atoms with Crippen molar-refractivity contribution >= 4 is 29.3 Å². The Balaban J connectivity index is 1.93. The zero-order chi connectivity index (χ0) is 18.4. The number of halogens is 4. The molecule has 0 saturated heterocycles. The molecule has 0 atom stereocenters. The number of alkyl halides is 3. The molecular formula is C17H12F4N2O2. The lowest BCUT2D eigenvalue weighted by molar-refractivity contribution is -0.167. The molecule has 0 bridgehead atoms. The van der Waals surface area contributed by atoms with E-state index >= 15 is 0 Å². The largest absolute Gasteiger partial charge is 0.471 e. The molecule has 0 fully saturated rings. The van der Waals surface area contributed by atoms with Gasteiger partial charge in [-0.25, -0.2) is 4.39 Å². The summed E-state index contributed by atoms with van der Waals surface area (Å²) in [5, 5.41) is 4.19. The van der Waals surface area contributed by atoms with Gasteiger partial charge in [-0.15, -0.1) is 0 Å². The van der Waals surface area contributed by atoms with E-state index in [4.69, 9.17) is 0 Å². The molecule has 0 aliphatic carbocycles. The van der Waals surface area contributed by atoms with E-state index < -0.39 is 18.0 Å². The van der Waals surface area contributed by atoms with Gasteiger partial charge in [0.15, 0.2) is 0 Å². The van der Waals surface area contributed by atoms with Crippen LogP contribution in [0.1, 0.15) is 5.56 Å². The summed E-state index contributed by atoms with van der Waals surface area (Å²) in [4.78, 5) is 22.6. The molecule has 0 unspecified atom stereocenters. The zero-order valence-corrected chi connectivity index (χ0v) is 12.6. The van der Waals surface area contributed by atoms with Crippen molar-refractivity contribution in [2.75, 3.05) is 10.6 Å². The second-order valence-corrected chi connectivity index (χ2v) is 4.90. The van der Waals surface area contributed by atoms with Crippen LogP contribution in [0, 0.1) is 5.82 Å². The highest BCUT2D eigenvalue weighted by atomic mass is 19.4. The molecule has 2 rings (SSSR count). The number of hydrogen-bond donors (Lipinski definition) is 2. The van der Waals surface area contributed by atoms with Crippen LogP contribution in [0.5, 0.6) is 0 Å². The lowest BCUT2D eigenvalue weighted by atomic mass is 10.2. The third kappa shape index (κ3) is 5.76. The Hall–Kier alpha value is -3.16. The maximum absolute atomic E-state index is 12.8. The molecule has 0 radical (unpaired) electrons. The Morgan fingerprint density at radius 2 is 1.36 bits per heavy atom. The van der Waals surface area contributed by atoms with Crippen molar-refractivity contribution in [1.82, 2.24) is 0 Å². The zero-order valence-electron chi connectivity index (χ0n) is 12.6. The van der Waals surface area contributed by atoms with E-state index in [1.807, 2.05) is 0 Å². The SMILES string of the molecule is O=C(/C=C/c1ccc(F)cc1)Nc1ccc(NC(=O)C(F)(F)F)cc1. The van der Waals surface area contributed by atoms with Gasteiger partial charge in [0.25, 0.3) is 0 Å². The molecule has 0 saturated carbocycles. The Labute approximate surface area is 140 Å². The molecule has 0 aromatic heterocycles. The molecular weight excluding hydrogens is 340 g/mol. The molecule has 0 spiro atoms. The molecule has 2 aromatic carbocycles. The number of rotatable bonds is 4. The van der Waals surface area contributed by atoms with Gasteiger partial charge in [-0.3, -0.25) is 9.59 Å². The number of carbonyl (C=O) groups is 2. The Kier molecular flexibility index (Phi) is 5.53. The smallest absolute Gasteiger partial charge is 0.323 e. The first-order chi connectivity index (χ1) is 11.7. The standard InChI is InChI=1S/C17H12F4N2O2/c18-12-4-1-11(2-5-12)3-10-15(24)22-13-6-8-14(9-7-13)23-16(25)17(19,20)21/h1-10H,(H,22,24)(H,23,25)/b10-3+. The van der Waals surface area contributed by atoms with Crippen molar-refractivity contribution in [2.45, 2.75) is 6.18 Å². The minimum atomic E-state index is -4.97. The fourth-order valence-electron chi connectivity index (χ4n) is 1.77. The van der Waals surface area contributed by atoms with Gasteiger partial charge in [0.05, 0.1) is 0 Å². The molecule has 2 amide bonds. The summed E-state index contributed by atoms with van der Waals surface area (Å²) in [5.41, 5.74) is 0.905. The van der Waals surface area contributed by atoms with Gasteiger partial charge in [-0.05, 0) is 48.0 Å². The van der Waals surface area contributed by atoms with Gasteiger partial charge < -0.3 is 10.6 Å². The highest BCUT2D eigenvalue weighted by molar-refractivity contribution is 6.02. The van der Waals surface area contributed by atoms with E-state index in [9.17, 15) is 27.2 Å². The number of benzene rings is 2. The summed E-state index contributed by atoms with van der Waals surface area (Å²) in [6.45, 7) is 0. The number of amides is 2. The minimum absolute atomic E-state index is 0.0535. The Morgan fingerprint density at radius 3 is 1.88 bits per heavy atom. The molecule has 2 aromatic rings. The van der Waals surface area contributed by atoms with Gasteiger partial charge >= 0.3 is 12.1 Å². The second kappa shape index (κ2) is 7.61. The first-order valence-electron chi connectivity index (χ1n) is 6.97. The maximum Gasteiger partial charge on any atom is 0.471 e. The summed E-state index contributed by atoms with van der Waals surface area (Å²) < 4.78 is 49.2. The summed E-state index contributed by atoms with van der Waals surface area (Å²) >= 11 is 0. The predicted molar refractivity (Wildman–Crippen MR) is 85.2 cm³/mol. The fraction of sp³-hybridized carbons (Fsp3) is 0.0588. The van der Waals surface area contributed by atoms with Crippen molar-refractivity contribution in [2.24, 2.45) is 0 Å². The topological polar surface area (TPSA) is 58.2 Å². The first kappa shape index (κ1) is 18.2. The Bertz CT molecular complexity index is 782. The Morgan fingerprint density at radius 1 is 0.840 bits per heavy atom. The van der Waals surface area contributed by atoms with Crippen LogP contribution in [-0.2, 0) is 9.59 Å². The molecule has 8 heteroatoms. The minimum Gasteiger partial charge on any atom is -0.323 e. The van der Waals surface area contributed by atoms with Crippen LogP contribution < -0.4 is 10.6 Å². The number of hydrogen-bond acceptors (Lipinski definition) is 2. The van der Waals surface area contributed by atoms with Crippen LogP contribution in [0.15, 0.2) is 54.6 Å². The quantitative estimate of drug-likeness (QED) is 0.646. The molecule has 2 N–H and O–H groups in total. The number of carbonyl (C=O) groups excluding carboxylic acids is 2. The summed E-state index contributed by atoms with van der Waals surface area (Å²) in [7, 11) is 0. The van der Waals surface area contributed by atoms with Crippen molar-refractivity contribution in [3.05, 3.63) is 66.0 Å². The average molecular weight is 352 g/mol. The van der Waals surface area contributed by atoms with Crippen molar-refractivity contribution < 1.29 is 27.2 Å². The molecule has 0 aliphatic rings. The lowest BCUT2D eigenvalue weighted by Crippen LogP contribution is -2.29. The maximum atomic E-state index is 12.8. The molecule has 0 heterocycles. The van der Waals surface area contributed by atoms with Gasteiger partial charge in [-0.2, -0.15) is 13.2 Å². The molecule has 0 aliphatic heterocycles. The number of anilines is 2. The van der Waals surface area contributed by atoms with E-state index in [-0.39, 0.29) is 11.5 Å². The van der Waals surface area contributed by atoms with Gasteiger partial charge in [0, 0.05) is 17.5 Å². The highest BCUT2D eigenvalue weighted by Crippen LogP contribution is 2.19. The van der Waals surface area contributed by atoms with E-state index in [0.717, 1.165) is 0 Å². The summed E-state index contributed by atoms with van der Waals surface area (Å²) in [5.74, 6) is -2.94. The predicted octanol–water partition coefficient (Wildman–Crippen LogP) is 3.98. The fourth-order valence-corrected chi connectivity index (χ4v) is 1.77. The molecule has 4 nitrogen and oxygen atoms in total. The van der Waals surface area contributed by atoms with E-state index in [1.54, 1.807) is 5.32 Å². The second-order valence-electron chi connectivity index (χ2n) is 4.90. The van der Waals surface area contributed by atoms with Crippen LogP contribution in [0.2, 0.25) is 0 Å². The normalized spacial score (nSPS) is 11.4. The van der Waals surface area contributed by atoms with Crippen molar-refractivity contribution in [3.63, 3.8) is 0 Å². The molecule has 25 heavy (non-hydrogen) atoms. The van der Waals surface area contributed by atoms with Crippen molar-refractivity contribution in [3.8, 4) is 0 Å². The van der Waals surface area contributed by atoms with Gasteiger partial charge in [-0.1, -0.05) is 12.1 Å². The number of nitrogens with one attached hydrogen (secondary N) is 2. The van der Waals surface area contributed by atoms with Gasteiger partial charge in [0.2, 0.25) is 5.91 Å². The third-order valence-corrected chi connectivity index (χ3v) is 2.96. The van der Waals surface area contributed by atoms with Gasteiger partial charge in [0.1, 0.15) is 5.82 Å². The van der Waals surface area contributed by atoms with E-state index in [0.29, 0.717) is 11.3 Å². The average Bonchev–Trinajstić information content (AvgIpc) is 2.55. The summed E-state index contributed by atoms with van der Waals surface area (Å²) in [6, 6.07) is 10.6. The van der Waals surface area contributed by atoms with E-state index in [1.165, 1.54) is 60.7 Å². The monoisotopic (exact) mass is 352 g/mol.